The van der Waals surface area contributed by atoms with Gasteiger partial charge in [-0.05, 0) is 36.2 Å². The molecule has 1 fully saturated rings. The zero-order chi connectivity index (χ0) is 26.7. The summed E-state index contributed by atoms with van der Waals surface area (Å²) in [6, 6.07) is 6.87. The minimum atomic E-state index is -4.36. The molecule has 1 heterocycles. The molecule has 1 saturated heterocycles. The molecular weight excluding hydrogens is 509 g/mol. The molecular formula is C26H21F7O4. The molecule has 37 heavy (non-hydrogen) atoms. The van der Waals surface area contributed by atoms with Gasteiger partial charge in [0, 0.05) is 30.2 Å². The summed E-state index contributed by atoms with van der Waals surface area (Å²) in [6.45, 7) is 3.49. The van der Waals surface area contributed by atoms with Crippen LogP contribution in [0.3, 0.4) is 0 Å². The topological polar surface area (TPSA) is 36.9 Å². The number of benzene rings is 3. The third-order valence-electron chi connectivity index (χ3n) is 5.60. The number of rotatable bonds is 8. The Morgan fingerprint density at radius 3 is 1.97 bits per heavy atom. The second-order valence-corrected chi connectivity index (χ2v) is 8.27. The van der Waals surface area contributed by atoms with Gasteiger partial charge in [-0.3, -0.25) is 0 Å². The summed E-state index contributed by atoms with van der Waals surface area (Å²) in [5, 5.41) is 0. The van der Waals surface area contributed by atoms with Crippen LogP contribution in [0.4, 0.5) is 30.7 Å². The van der Waals surface area contributed by atoms with Crippen molar-refractivity contribution in [3.8, 4) is 16.9 Å². The van der Waals surface area contributed by atoms with Crippen molar-refractivity contribution < 1.29 is 49.7 Å². The maximum Gasteiger partial charge on any atom is 0.429 e. The average Bonchev–Trinajstić information content (AvgIpc) is 2.86. The van der Waals surface area contributed by atoms with Crippen LogP contribution in [0.1, 0.15) is 24.3 Å². The molecule has 198 valence electrons. The van der Waals surface area contributed by atoms with Crippen LogP contribution in [-0.4, -0.2) is 26.4 Å². The van der Waals surface area contributed by atoms with Crippen LogP contribution in [0.25, 0.3) is 11.1 Å². The highest BCUT2D eigenvalue weighted by atomic mass is 19.3. The molecule has 1 aliphatic heterocycles. The Morgan fingerprint density at radius 1 is 0.811 bits per heavy atom. The molecule has 11 heteroatoms. The van der Waals surface area contributed by atoms with Crippen molar-refractivity contribution in [2.45, 2.75) is 19.3 Å². The molecule has 4 nitrogen and oxygen atoms in total. The molecule has 0 aromatic heterocycles. The predicted octanol–water partition coefficient (Wildman–Crippen LogP) is 6.88. The lowest BCUT2D eigenvalue weighted by atomic mass is 10.0. The molecule has 4 rings (SSSR count). The average molecular weight is 530 g/mol. The first-order chi connectivity index (χ1) is 17.6. The molecule has 0 aliphatic carbocycles. The molecule has 0 radical (unpaired) electrons. The lowest BCUT2D eigenvalue weighted by molar-refractivity contribution is -0.213. The zero-order valence-corrected chi connectivity index (χ0v) is 19.4. The van der Waals surface area contributed by atoms with Crippen molar-refractivity contribution in [3.63, 3.8) is 0 Å². The van der Waals surface area contributed by atoms with E-state index in [0.29, 0.717) is 32.5 Å². The third-order valence-corrected chi connectivity index (χ3v) is 5.60. The predicted molar refractivity (Wildman–Crippen MR) is 117 cm³/mol. The van der Waals surface area contributed by atoms with Crippen LogP contribution in [0.15, 0.2) is 48.5 Å². The van der Waals surface area contributed by atoms with Gasteiger partial charge in [0.25, 0.3) is 0 Å². The number of hydrogen-bond acceptors (Lipinski definition) is 4. The summed E-state index contributed by atoms with van der Waals surface area (Å²) in [6.07, 6.45) is -5.30. The van der Waals surface area contributed by atoms with Crippen LogP contribution < -0.4 is 4.74 Å². The standard InChI is InChI=1S/C26H21F7O4/c1-2-34-11-14-12-35-25(36-13-14)18-5-3-15(7-20(18)27)16-4-6-19(21(28)8-16)26(32,33)37-17-9-22(29)24(31)23(30)10-17/h3-10,14,25H,2,11-13H2,1H3. The van der Waals surface area contributed by atoms with E-state index in [1.165, 1.54) is 12.1 Å². The van der Waals surface area contributed by atoms with Crippen molar-refractivity contribution >= 4 is 0 Å². The Labute approximate surface area is 207 Å². The van der Waals surface area contributed by atoms with Gasteiger partial charge in [-0.1, -0.05) is 18.2 Å². The highest BCUT2D eigenvalue weighted by Gasteiger charge is 2.38. The van der Waals surface area contributed by atoms with Gasteiger partial charge in [-0.2, -0.15) is 8.78 Å². The second-order valence-electron chi connectivity index (χ2n) is 8.27. The van der Waals surface area contributed by atoms with Crippen molar-refractivity contribution in [2.24, 2.45) is 5.92 Å². The van der Waals surface area contributed by atoms with Crippen LogP contribution in [0, 0.1) is 35.0 Å². The summed E-state index contributed by atoms with van der Waals surface area (Å²) < 4.78 is 119. The molecule has 0 spiro atoms. The van der Waals surface area contributed by atoms with E-state index in [1.807, 2.05) is 6.92 Å². The van der Waals surface area contributed by atoms with Gasteiger partial charge < -0.3 is 18.9 Å². The number of ether oxygens (including phenoxy) is 4. The van der Waals surface area contributed by atoms with Crippen LogP contribution in [0.2, 0.25) is 0 Å². The largest absolute Gasteiger partial charge is 0.429 e. The number of alkyl halides is 2. The summed E-state index contributed by atoms with van der Waals surface area (Å²) in [5.74, 6) is -8.51. The monoisotopic (exact) mass is 530 g/mol. The van der Waals surface area contributed by atoms with Crippen LogP contribution in [0.5, 0.6) is 5.75 Å². The Bertz CT molecular complexity index is 1240. The fourth-order valence-electron chi connectivity index (χ4n) is 3.73. The van der Waals surface area contributed by atoms with Gasteiger partial charge in [-0.15, -0.1) is 0 Å². The third kappa shape index (κ3) is 6.06. The molecule has 0 unspecified atom stereocenters. The van der Waals surface area contributed by atoms with Gasteiger partial charge in [0.2, 0.25) is 0 Å². The van der Waals surface area contributed by atoms with E-state index in [0.717, 1.165) is 18.2 Å². The van der Waals surface area contributed by atoms with E-state index >= 15 is 0 Å². The Morgan fingerprint density at radius 2 is 1.41 bits per heavy atom. The minimum Gasteiger partial charge on any atom is -0.429 e. The highest BCUT2D eigenvalue weighted by Crippen LogP contribution is 2.36. The molecule has 1 aliphatic rings. The Kier molecular flexibility index (Phi) is 8.05. The maximum absolute atomic E-state index is 14.8. The fraction of sp³-hybridized carbons (Fsp3) is 0.308. The molecule has 0 N–H and O–H groups in total. The first-order valence-electron chi connectivity index (χ1n) is 11.2. The molecule has 0 amide bonds. The summed E-state index contributed by atoms with van der Waals surface area (Å²) in [7, 11) is 0. The van der Waals surface area contributed by atoms with Crippen LogP contribution in [-0.2, 0) is 20.3 Å². The van der Waals surface area contributed by atoms with Gasteiger partial charge in [-0.25, -0.2) is 22.0 Å². The number of hydrogen-bond donors (Lipinski definition) is 0. The lowest BCUT2D eigenvalue weighted by Crippen LogP contribution is -2.30. The summed E-state index contributed by atoms with van der Waals surface area (Å²) in [4.78, 5) is 0. The fourth-order valence-corrected chi connectivity index (χ4v) is 3.73. The normalized spacial score (nSPS) is 18.2. The molecule has 0 bridgehead atoms. The van der Waals surface area contributed by atoms with Gasteiger partial charge >= 0.3 is 6.11 Å². The first-order valence-corrected chi connectivity index (χ1v) is 11.2. The summed E-state index contributed by atoms with van der Waals surface area (Å²) >= 11 is 0. The van der Waals surface area contributed by atoms with E-state index < -0.39 is 52.8 Å². The summed E-state index contributed by atoms with van der Waals surface area (Å²) in [5.41, 5.74) is -0.870. The van der Waals surface area contributed by atoms with E-state index in [1.54, 1.807) is 0 Å². The lowest BCUT2D eigenvalue weighted by Gasteiger charge is -2.29. The van der Waals surface area contributed by atoms with Gasteiger partial charge in [0.1, 0.15) is 17.4 Å². The second kappa shape index (κ2) is 11.1. The van der Waals surface area contributed by atoms with Crippen molar-refractivity contribution in [1.82, 2.24) is 0 Å². The highest BCUT2D eigenvalue weighted by molar-refractivity contribution is 5.64. The van der Waals surface area contributed by atoms with E-state index in [2.05, 4.69) is 4.74 Å². The van der Waals surface area contributed by atoms with Crippen LogP contribution >= 0.6 is 0 Å². The minimum absolute atomic E-state index is 0.0169. The molecule has 0 saturated carbocycles. The first kappa shape index (κ1) is 26.9. The smallest absolute Gasteiger partial charge is 0.429 e. The molecule has 0 atom stereocenters. The van der Waals surface area contributed by atoms with Crippen molar-refractivity contribution in [2.75, 3.05) is 26.4 Å². The van der Waals surface area contributed by atoms with E-state index in [4.69, 9.17) is 14.2 Å². The Balaban J connectivity index is 1.49. The molecule has 3 aromatic carbocycles. The SMILES string of the molecule is CCOCC1COC(c2ccc(-c3ccc(C(F)(F)Oc4cc(F)c(F)c(F)c4)c(F)c3)cc2F)OC1. The molecule has 3 aromatic rings. The number of halogens is 7. The van der Waals surface area contributed by atoms with Gasteiger partial charge in [0.05, 0.1) is 25.4 Å². The maximum atomic E-state index is 14.8. The van der Waals surface area contributed by atoms with E-state index in [-0.39, 0.29) is 34.7 Å². The van der Waals surface area contributed by atoms with Crippen molar-refractivity contribution in [1.29, 1.82) is 0 Å². The van der Waals surface area contributed by atoms with Gasteiger partial charge in [0.15, 0.2) is 23.7 Å². The van der Waals surface area contributed by atoms with Crippen molar-refractivity contribution in [3.05, 3.63) is 88.7 Å². The van der Waals surface area contributed by atoms with E-state index in [9.17, 15) is 30.7 Å². The quantitative estimate of drug-likeness (QED) is 0.235. The zero-order valence-electron chi connectivity index (χ0n) is 19.4. The Hall–Kier alpha value is -3.15.